The van der Waals surface area contributed by atoms with Crippen LogP contribution in [0, 0.1) is 6.92 Å². The van der Waals surface area contributed by atoms with Crippen LogP contribution in [0.25, 0.3) is 6.08 Å². The van der Waals surface area contributed by atoms with Gasteiger partial charge in [0.2, 0.25) is 0 Å². The van der Waals surface area contributed by atoms with Crippen LogP contribution < -0.4 is 15.0 Å². The van der Waals surface area contributed by atoms with E-state index < -0.39 is 0 Å². The maximum absolute atomic E-state index is 12.6. The molecule has 1 aliphatic heterocycles. The Hall–Kier alpha value is -2.18. The lowest BCUT2D eigenvalue weighted by Gasteiger charge is -2.14. The lowest BCUT2D eigenvalue weighted by atomic mass is 10.2. The number of carbonyl (C=O) groups excluding carboxylic acids is 1. The normalized spacial score (nSPS) is 16.1. The Morgan fingerprint density at radius 1 is 1.30 bits per heavy atom. The summed E-state index contributed by atoms with van der Waals surface area (Å²) in [6.07, 6.45) is 1.85. The molecule has 0 saturated carbocycles. The number of nitrogens with one attached hydrogen (secondary N) is 1. The van der Waals surface area contributed by atoms with Crippen LogP contribution in [-0.2, 0) is 4.79 Å². The fourth-order valence-electron chi connectivity index (χ4n) is 2.29. The van der Waals surface area contributed by atoms with E-state index in [-0.39, 0.29) is 5.91 Å². The van der Waals surface area contributed by atoms with Gasteiger partial charge in [0.25, 0.3) is 5.91 Å². The van der Waals surface area contributed by atoms with Gasteiger partial charge in [-0.05, 0) is 73.4 Å². The summed E-state index contributed by atoms with van der Waals surface area (Å²) in [4.78, 5) is 15.2. The molecule has 1 N–H and O–H groups in total. The van der Waals surface area contributed by atoms with E-state index in [1.807, 2.05) is 55.6 Å². The minimum absolute atomic E-state index is 0.146. The Kier molecular flexibility index (Phi) is 4.45. The summed E-state index contributed by atoms with van der Waals surface area (Å²) in [7, 11) is 0. The molecule has 1 aliphatic rings. The number of ether oxygens (including phenoxy) is 1. The maximum Gasteiger partial charge on any atom is 0.281 e. The second-order valence-corrected chi connectivity index (χ2v) is 6.36. The highest BCUT2D eigenvalue weighted by atomic mass is 32.1. The molecule has 4 nitrogen and oxygen atoms in total. The van der Waals surface area contributed by atoms with E-state index in [4.69, 9.17) is 17.0 Å². The number of benzene rings is 1. The number of thiocarbonyl (C=S) groups is 1. The number of nitrogens with zero attached hydrogens (tertiary/aromatic N) is 1. The predicted molar refractivity (Wildman–Crippen MR) is 97.9 cm³/mol. The summed E-state index contributed by atoms with van der Waals surface area (Å²) in [5.41, 5.74) is 2.36. The maximum atomic E-state index is 12.6. The van der Waals surface area contributed by atoms with Gasteiger partial charge in [0.05, 0.1) is 12.3 Å². The van der Waals surface area contributed by atoms with Crippen LogP contribution in [0.4, 0.5) is 5.69 Å². The molecule has 0 radical (unpaired) electrons. The minimum atomic E-state index is -0.146. The average molecular weight is 344 g/mol. The zero-order chi connectivity index (χ0) is 16.4. The quantitative estimate of drug-likeness (QED) is 0.678. The molecule has 0 unspecified atom stereocenters. The van der Waals surface area contributed by atoms with Crippen molar-refractivity contribution in [1.29, 1.82) is 0 Å². The van der Waals surface area contributed by atoms with Gasteiger partial charge in [-0.15, -0.1) is 11.3 Å². The molecule has 0 atom stereocenters. The van der Waals surface area contributed by atoms with Crippen LogP contribution in [0.3, 0.4) is 0 Å². The highest BCUT2D eigenvalue weighted by Crippen LogP contribution is 2.26. The number of thiophene rings is 1. The summed E-state index contributed by atoms with van der Waals surface area (Å²) >= 11 is 6.91. The Morgan fingerprint density at radius 3 is 2.65 bits per heavy atom. The number of rotatable bonds is 4. The van der Waals surface area contributed by atoms with Gasteiger partial charge in [0, 0.05) is 4.88 Å². The zero-order valence-corrected chi connectivity index (χ0v) is 14.5. The van der Waals surface area contributed by atoms with Crippen LogP contribution in [0.15, 0.2) is 41.4 Å². The van der Waals surface area contributed by atoms with Crippen LogP contribution in [-0.4, -0.2) is 17.6 Å². The SMILES string of the molecule is CCOc1ccc(N2C(=O)/C(=C/c3sccc3C)NC2=S)cc1. The Morgan fingerprint density at radius 2 is 2.04 bits per heavy atom. The van der Waals surface area contributed by atoms with Crippen LogP contribution in [0.1, 0.15) is 17.4 Å². The first-order valence-electron chi connectivity index (χ1n) is 7.24. The van der Waals surface area contributed by atoms with Gasteiger partial charge in [0.1, 0.15) is 11.4 Å². The molecule has 6 heteroatoms. The van der Waals surface area contributed by atoms with Crippen LogP contribution in [0.2, 0.25) is 0 Å². The third kappa shape index (κ3) is 3.13. The molecular formula is C17H16N2O2S2. The Labute approximate surface area is 144 Å². The second-order valence-electron chi connectivity index (χ2n) is 5.02. The van der Waals surface area contributed by atoms with E-state index in [0.29, 0.717) is 17.4 Å². The van der Waals surface area contributed by atoms with Crippen molar-refractivity contribution < 1.29 is 9.53 Å². The molecule has 3 rings (SSSR count). The summed E-state index contributed by atoms with van der Waals surface area (Å²) in [6, 6.07) is 9.35. The molecule has 1 fully saturated rings. The summed E-state index contributed by atoms with van der Waals surface area (Å²) in [5, 5.41) is 5.39. The first-order chi connectivity index (χ1) is 11.1. The standard InChI is InChI=1S/C17H16N2O2S2/c1-3-21-13-6-4-12(5-7-13)19-16(20)14(18-17(19)22)10-15-11(2)8-9-23-15/h4-10H,3H2,1-2H3,(H,18,22)/b14-10-. The van der Waals surface area contributed by atoms with E-state index in [2.05, 4.69) is 5.32 Å². The van der Waals surface area contributed by atoms with Crippen molar-refractivity contribution in [2.24, 2.45) is 0 Å². The van der Waals surface area contributed by atoms with Crippen molar-refractivity contribution in [3.05, 3.63) is 51.8 Å². The van der Waals surface area contributed by atoms with Crippen molar-refractivity contribution in [2.45, 2.75) is 13.8 Å². The number of anilines is 1. The highest BCUT2D eigenvalue weighted by molar-refractivity contribution is 7.80. The zero-order valence-electron chi connectivity index (χ0n) is 12.8. The van der Waals surface area contributed by atoms with Gasteiger partial charge < -0.3 is 10.1 Å². The molecule has 1 aromatic carbocycles. The monoisotopic (exact) mass is 344 g/mol. The van der Waals surface area contributed by atoms with E-state index in [1.54, 1.807) is 11.3 Å². The molecule has 0 aliphatic carbocycles. The van der Waals surface area contributed by atoms with Gasteiger partial charge in [-0.2, -0.15) is 0 Å². The van der Waals surface area contributed by atoms with Crippen molar-refractivity contribution in [3.63, 3.8) is 0 Å². The van der Waals surface area contributed by atoms with Gasteiger partial charge in [-0.1, -0.05) is 0 Å². The van der Waals surface area contributed by atoms with Crippen LogP contribution in [0.5, 0.6) is 5.75 Å². The largest absolute Gasteiger partial charge is 0.494 e. The minimum Gasteiger partial charge on any atom is -0.494 e. The van der Waals surface area contributed by atoms with E-state index in [0.717, 1.165) is 21.9 Å². The molecule has 0 spiro atoms. The summed E-state index contributed by atoms with van der Waals surface area (Å²) in [5.74, 6) is 0.624. The van der Waals surface area contributed by atoms with E-state index >= 15 is 0 Å². The molecule has 0 bridgehead atoms. The second kappa shape index (κ2) is 6.52. The third-order valence-electron chi connectivity index (χ3n) is 3.46. The topological polar surface area (TPSA) is 41.6 Å². The smallest absolute Gasteiger partial charge is 0.281 e. The van der Waals surface area contributed by atoms with Crippen molar-refractivity contribution >= 4 is 46.3 Å². The molecule has 118 valence electrons. The number of carbonyl (C=O) groups is 1. The number of amides is 1. The van der Waals surface area contributed by atoms with E-state index in [1.165, 1.54) is 4.90 Å². The summed E-state index contributed by atoms with van der Waals surface area (Å²) < 4.78 is 5.42. The fraction of sp³-hybridized carbons (Fsp3) is 0.176. The highest BCUT2D eigenvalue weighted by Gasteiger charge is 2.32. The van der Waals surface area contributed by atoms with Gasteiger partial charge >= 0.3 is 0 Å². The van der Waals surface area contributed by atoms with Gasteiger partial charge in [0.15, 0.2) is 5.11 Å². The lowest BCUT2D eigenvalue weighted by Crippen LogP contribution is -2.30. The Bertz CT molecular complexity index is 778. The predicted octanol–water partition coefficient (Wildman–Crippen LogP) is 3.72. The number of aryl methyl sites for hydroxylation is 1. The Balaban J connectivity index is 1.87. The van der Waals surface area contributed by atoms with Gasteiger partial charge in [-0.25, -0.2) is 0 Å². The lowest BCUT2D eigenvalue weighted by molar-refractivity contribution is -0.113. The molecule has 2 aromatic rings. The van der Waals surface area contributed by atoms with Gasteiger partial charge in [-0.3, -0.25) is 9.69 Å². The first-order valence-corrected chi connectivity index (χ1v) is 8.53. The number of hydrogen-bond acceptors (Lipinski definition) is 4. The average Bonchev–Trinajstić information content (AvgIpc) is 3.05. The number of hydrogen-bond donors (Lipinski definition) is 1. The van der Waals surface area contributed by atoms with Crippen molar-refractivity contribution in [1.82, 2.24) is 5.32 Å². The first kappa shape index (κ1) is 15.7. The van der Waals surface area contributed by atoms with E-state index in [9.17, 15) is 4.79 Å². The molecule has 1 saturated heterocycles. The molecule has 23 heavy (non-hydrogen) atoms. The third-order valence-corrected chi connectivity index (χ3v) is 4.71. The van der Waals surface area contributed by atoms with Crippen molar-refractivity contribution in [2.75, 3.05) is 11.5 Å². The molecule has 2 heterocycles. The fourth-order valence-corrected chi connectivity index (χ4v) is 3.45. The van der Waals surface area contributed by atoms with Crippen LogP contribution >= 0.6 is 23.6 Å². The molecule has 1 aromatic heterocycles. The summed E-state index contributed by atoms with van der Waals surface area (Å²) in [6.45, 7) is 4.56. The van der Waals surface area contributed by atoms with Crippen molar-refractivity contribution in [3.8, 4) is 5.75 Å². The molecule has 1 amide bonds. The molecular weight excluding hydrogens is 328 g/mol.